The molecule has 0 aliphatic carbocycles. The summed E-state index contributed by atoms with van der Waals surface area (Å²) in [4.78, 5) is 35.2. The number of benzene rings is 2. The van der Waals surface area contributed by atoms with Crippen molar-refractivity contribution in [1.82, 2.24) is 0 Å². The molecule has 0 unspecified atom stereocenters. The van der Waals surface area contributed by atoms with Gasteiger partial charge >= 0.3 is 11.6 Å². The molecule has 0 amide bonds. The minimum absolute atomic E-state index is 0.124. The fourth-order valence-electron chi connectivity index (χ4n) is 3.42. The smallest absolute Gasteiger partial charge is 0.345 e. The average Bonchev–Trinajstić information content (AvgIpc) is 2.64. The van der Waals surface area contributed by atoms with Crippen molar-refractivity contribution in [3.05, 3.63) is 84.7 Å². The third kappa shape index (κ3) is 4.03. The van der Waals surface area contributed by atoms with Gasteiger partial charge < -0.3 is 9.15 Å². The lowest BCUT2D eigenvalue weighted by atomic mass is 9.95. The molecule has 150 valence electrons. The molecule has 0 bridgehead atoms. The predicted molar refractivity (Wildman–Crippen MR) is 108 cm³/mol. The minimum atomic E-state index is -0.821. The van der Waals surface area contributed by atoms with Crippen LogP contribution in [0.25, 0.3) is 11.0 Å². The largest absolute Gasteiger partial charge is 0.457 e. The van der Waals surface area contributed by atoms with Crippen molar-refractivity contribution < 1.29 is 18.9 Å². The molecule has 1 aromatic heterocycles. The Bertz CT molecular complexity index is 1180. The molecule has 0 aliphatic heterocycles. The molecule has 0 saturated carbocycles. The number of carbonyl (C=O) groups is 1. The summed E-state index contributed by atoms with van der Waals surface area (Å²) in [6, 6.07) is 9.47. The molecule has 7 heteroatoms. The van der Waals surface area contributed by atoms with E-state index >= 15 is 0 Å². The molecule has 0 N–H and O–H groups in total. The number of esters is 1. The van der Waals surface area contributed by atoms with Crippen LogP contribution in [0.1, 0.15) is 52.4 Å². The maximum absolute atomic E-state index is 12.5. The Hall–Kier alpha value is -3.48. The first kappa shape index (κ1) is 20.3. The summed E-state index contributed by atoms with van der Waals surface area (Å²) in [7, 11) is 0. The van der Waals surface area contributed by atoms with Crippen molar-refractivity contribution in [1.29, 1.82) is 0 Å². The zero-order chi connectivity index (χ0) is 21.3. The number of fused-ring (bicyclic) bond motifs is 1. The highest BCUT2D eigenvalue weighted by Gasteiger charge is 2.24. The van der Waals surface area contributed by atoms with E-state index in [4.69, 9.17) is 9.15 Å². The van der Waals surface area contributed by atoms with Crippen LogP contribution in [-0.4, -0.2) is 10.9 Å². The van der Waals surface area contributed by atoms with Gasteiger partial charge in [0.15, 0.2) is 0 Å². The van der Waals surface area contributed by atoms with E-state index in [-0.39, 0.29) is 23.8 Å². The maximum atomic E-state index is 12.5. The van der Waals surface area contributed by atoms with Gasteiger partial charge in [0.25, 0.3) is 5.69 Å². The van der Waals surface area contributed by atoms with Crippen LogP contribution in [0, 0.1) is 24.0 Å². The average molecular weight is 395 g/mol. The van der Waals surface area contributed by atoms with Gasteiger partial charge in [-0.1, -0.05) is 26.0 Å². The quantitative estimate of drug-likeness (QED) is 0.266. The van der Waals surface area contributed by atoms with Gasteiger partial charge in [0.1, 0.15) is 17.8 Å². The second kappa shape index (κ2) is 7.87. The molecule has 3 aromatic rings. The first-order valence-electron chi connectivity index (χ1n) is 9.17. The number of hydrogen-bond acceptors (Lipinski definition) is 6. The molecule has 0 radical (unpaired) electrons. The van der Waals surface area contributed by atoms with E-state index in [2.05, 4.69) is 13.8 Å². The molecule has 0 saturated heterocycles. The zero-order valence-electron chi connectivity index (χ0n) is 16.6. The standard InChI is InChI=1S/C22H21NO6/c1-12(2)17-10-18-15(9-20(24)29-19(18)8-14(17)4)11-28-22(25)16-7-5-6-13(3)21(16)23(26)27/h5-10,12H,11H2,1-4H3. The van der Waals surface area contributed by atoms with Crippen molar-refractivity contribution in [3.63, 3.8) is 0 Å². The maximum Gasteiger partial charge on any atom is 0.345 e. The van der Waals surface area contributed by atoms with Gasteiger partial charge in [-0.05, 0) is 49.1 Å². The first-order valence-corrected chi connectivity index (χ1v) is 9.17. The first-order chi connectivity index (χ1) is 13.7. The van der Waals surface area contributed by atoms with Crippen molar-refractivity contribution in [3.8, 4) is 0 Å². The van der Waals surface area contributed by atoms with Crippen molar-refractivity contribution in [2.45, 2.75) is 40.2 Å². The summed E-state index contributed by atoms with van der Waals surface area (Å²) in [5.74, 6) is -0.561. The Labute approximate surface area is 167 Å². The molecule has 0 atom stereocenters. The van der Waals surface area contributed by atoms with E-state index in [1.54, 1.807) is 25.1 Å². The third-order valence-corrected chi connectivity index (χ3v) is 4.84. The topological polar surface area (TPSA) is 99.7 Å². The van der Waals surface area contributed by atoms with Gasteiger partial charge in [0.05, 0.1) is 4.92 Å². The van der Waals surface area contributed by atoms with Crippen molar-refractivity contribution in [2.75, 3.05) is 0 Å². The summed E-state index contributed by atoms with van der Waals surface area (Å²) < 4.78 is 10.6. The Kier molecular flexibility index (Phi) is 5.50. The van der Waals surface area contributed by atoms with Crippen LogP contribution in [0.4, 0.5) is 5.69 Å². The van der Waals surface area contributed by atoms with Crippen LogP contribution < -0.4 is 5.63 Å². The summed E-state index contributed by atoms with van der Waals surface area (Å²) in [5.41, 5.74) is 2.39. The van der Waals surface area contributed by atoms with E-state index in [9.17, 15) is 19.7 Å². The molecular weight excluding hydrogens is 374 g/mol. The molecule has 2 aromatic carbocycles. The molecule has 3 rings (SSSR count). The minimum Gasteiger partial charge on any atom is -0.457 e. The Balaban J connectivity index is 1.98. The predicted octanol–water partition coefficient (Wildman–Crippen LogP) is 4.80. The van der Waals surface area contributed by atoms with Gasteiger partial charge in [-0.15, -0.1) is 0 Å². The molecule has 0 fully saturated rings. The van der Waals surface area contributed by atoms with E-state index in [1.807, 2.05) is 13.0 Å². The number of rotatable bonds is 5. The molecule has 7 nitrogen and oxygen atoms in total. The van der Waals surface area contributed by atoms with E-state index in [0.29, 0.717) is 22.1 Å². The zero-order valence-corrected chi connectivity index (χ0v) is 16.6. The molecule has 0 aliphatic rings. The summed E-state index contributed by atoms with van der Waals surface area (Å²) in [5, 5.41) is 12.0. The number of nitro benzene ring substituents is 1. The molecule has 1 heterocycles. The Morgan fingerprint density at radius 3 is 2.55 bits per heavy atom. The number of para-hydroxylation sites is 1. The van der Waals surface area contributed by atoms with Crippen LogP contribution in [0.15, 0.2) is 45.6 Å². The Morgan fingerprint density at radius 2 is 1.90 bits per heavy atom. The number of nitrogens with zero attached hydrogens (tertiary/aromatic N) is 1. The number of hydrogen-bond donors (Lipinski definition) is 0. The monoisotopic (exact) mass is 395 g/mol. The fourth-order valence-corrected chi connectivity index (χ4v) is 3.42. The lowest BCUT2D eigenvalue weighted by Crippen LogP contribution is -2.11. The lowest BCUT2D eigenvalue weighted by molar-refractivity contribution is -0.385. The van der Waals surface area contributed by atoms with Crippen molar-refractivity contribution >= 4 is 22.6 Å². The second-order valence-electron chi connectivity index (χ2n) is 7.25. The summed E-state index contributed by atoms with van der Waals surface area (Å²) >= 11 is 0. The van der Waals surface area contributed by atoms with Gasteiger partial charge in [-0.2, -0.15) is 0 Å². The number of ether oxygens (including phenoxy) is 1. The highest BCUT2D eigenvalue weighted by molar-refractivity contribution is 5.94. The fraction of sp³-hybridized carbons (Fsp3) is 0.273. The van der Waals surface area contributed by atoms with Gasteiger partial charge in [0.2, 0.25) is 0 Å². The van der Waals surface area contributed by atoms with Crippen molar-refractivity contribution in [2.24, 2.45) is 0 Å². The highest BCUT2D eigenvalue weighted by Crippen LogP contribution is 2.28. The highest BCUT2D eigenvalue weighted by atomic mass is 16.6. The van der Waals surface area contributed by atoms with E-state index < -0.39 is 16.5 Å². The summed E-state index contributed by atoms with van der Waals surface area (Å²) in [6.45, 7) is 7.42. The van der Waals surface area contributed by atoms with Crippen LogP contribution in [0.2, 0.25) is 0 Å². The number of aryl methyl sites for hydroxylation is 2. The van der Waals surface area contributed by atoms with Gasteiger partial charge in [-0.3, -0.25) is 10.1 Å². The third-order valence-electron chi connectivity index (χ3n) is 4.84. The molecule has 29 heavy (non-hydrogen) atoms. The van der Waals surface area contributed by atoms with Crippen LogP contribution >= 0.6 is 0 Å². The van der Waals surface area contributed by atoms with Crippen LogP contribution in [0.5, 0.6) is 0 Å². The van der Waals surface area contributed by atoms with Crippen LogP contribution in [-0.2, 0) is 11.3 Å². The molecular formula is C22H21NO6. The van der Waals surface area contributed by atoms with E-state index in [1.165, 1.54) is 12.1 Å². The second-order valence-corrected chi connectivity index (χ2v) is 7.25. The number of nitro groups is 1. The lowest BCUT2D eigenvalue weighted by Gasteiger charge is -2.13. The summed E-state index contributed by atoms with van der Waals surface area (Å²) in [6.07, 6.45) is 0. The molecule has 0 spiro atoms. The SMILES string of the molecule is Cc1cc2oc(=O)cc(COC(=O)c3cccc(C)c3[N+](=O)[O-])c2cc1C(C)C. The van der Waals surface area contributed by atoms with Crippen LogP contribution in [0.3, 0.4) is 0 Å². The Morgan fingerprint density at radius 1 is 1.17 bits per heavy atom. The van der Waals surface area contributed by atoms with Gasteiger partial charge in [-0.25, -0.2) is 9.59 Å². The number of carbonyl (C=O) groups excluding carboxylic acids is 1. The van der Waals surface area contributed by atoms with Gasteiger partial charge in [0, 0.05) is 22.6 Å². The van der Waals surface area contributed by atoms with E-state index in [0.717, 1.165) is 11.1 Å². The normalized spacial score (nSPS) is 11.1.